The molecular formula is C26H28N4O4Si. The van der Waals surface area contributed by atoms with Crippen molar-refractivity contribution >= 4 is 36.3 Å². The molecule has 1 amide bonds. The summed E-state index contributed by atoms with van der Waals surface area (Å²) in [5.74, 6) is -0.219. The standard InChI is InChI=1S/C26H28N4O4Si/c1-35(2,3)15-14-34-18-29-24-13-12-21(27-26(31)19-8-5-4-6-9-19)17-23(24)25(28-29)20-10-7-11-22(16-20)30(32)33/h4-13,16-17H,14-15,18H2,1-3H3,(H,27,31). The zero-order valence-corrected chi connectivity index (χ0v) is 21.0. The highest BCUT2D eigenvalue weighted by molar-refractivity contribution is 6.76. The van der Waals surface area contributed by atoms with Gasteiger partial charge in [-0.1, -0.05) is 50.0 Å². The first-order valence-corrected chi connectivity index (χ1v) is 15.1. The van der Waals surface area contributed by atoms with Gasteiger partial charge in [0.25, 0.3) is 11.6 Å². The maximum Gasteiger partial charge on any atom is 0.270 e. The second-order valence-electron chi connectivity index (χ2n) is 9.56. The van der Waals surface area contributed by atoms with E-state index in [4.69, 9.17) is 9.84 Å². The van der Waals surface area contributed by atoms with Crippen molar-refractivity contribution in [3.63, 3.8) is 0 Å². The molecule has 0 aliphatic heterocycles. The Morgan fingerprint density at radius 1 is 1.06 bits per heavy atom. The number of rotatable bonds is 9. The molecule has 180 valence electrons. The van der Waals surface area contributed by atoms with Gasteiger partial charge >= 0.3 is 0 Å². The highest BCUT2D eigenvalue weighted by Gasteiger charge is 2.17. The summed E-state index contributed by atoms with van der Waals surface area (Å²) >= 11 is 0. The molecule has 0 saturated heterocycles. The molecule has 35 heavy (non-hydrogen) atoms. The Morgan fingerprint density at radius 3 is 2.54 bits per heavy atom. The van der Waals surface area contributed by atoms with Crippen molar-refractivity contribution in [1.29, 1.82) is 0 Å². The van der Waals surface area contributed by atoms with Crippen LogP contribution in [0, 0.1) is 10.1 Å². The number of carbonyl (C=O) groups is 1. The summed E-state index contributed by atoms with van der Waals surface area (Å²) in [5.41, 5.74) is 3.18. The lowest BCUT2D eigenvalue weighted by Crippen LogP contribution is -2.22. The van der Waals surface area contributed by atoms with Crippen LogP contribution in [-0.4, -0.2) is 35.3 Å². The summed E-state index contributed by atoms with van der Waals surface area (Å²) in [5, 5.41) is 19.8. The molecule has 8 nitrogen and oxygen atoms in total. The number of ether oxygens (including phenoxy) is 1. The van der Waals surface area contributed by atoms with Crippen molar-refractivity contribution in [3.05, 3.63) is 88.5 Å². The molecule has 0 aliphatic carbocycles. The fraction of sp³-hybridized carbons (Fsp3) is 0.231. The molecule has 4 rings (SSSR count). The predicted molar refractivity (Wildman–Crippen MR) is 140 cm³/mol. The molecule has 1 aromatic heterocycles. The highest BCUT2D eigenvalue weighted by atomic mass is 28.3. The van der Waals surface area contributed by atoms with Gasteiger partial charge in [-0.2, -0.15) is 5.10 Å². The largest absolute Gasteiger partial charge is 0.360 e. The Labute approximate surface area is 204 Å². The van der Waals surface area contributed by atoms with Crippen molar-refractivity contribution in [1.82, 2.24) is 9.78 Å². The Balaban J connectivity index is 1.69. The Kier molecular flexibility index (Phi) is 7.09. The van der Waals surface area contributed by atoms with Crippen LogP contribution in [0.2, 0.25) is 25.7 Å². The van der Waals surface area contributed by atoms with Gasteiger partial charge in [-0.15, -0.1) is 0 Å². The number of nitro benzene ring substituents is 1. The molecule has 1 heterocycles. The van der Waals surface area contributed by atoms with Crippen LogP contribution in [0.25, 0.3) is 22.2 Å². The molecule has 0 bridgehead atoms. The minimum Gasteiger partial charge on any atom is -0.360 e. The molecule has 4 aromatic rings. The molecule has 0 atom stereocenters. The van der Waals surface area contributed by atoms with Gasteiger partial charge in [0, 0.05) is 49.0 Å². The van der Waals surface area contributed by atoms with Gasteiger partial charge in [0.05, 0.1) is 10.4 Å². The first-order valence-electron chi connectivity index (χ1n) is 11.4. The number of benzene rings is 3. The number of nitrogens with one attached hydrogen (secondary N) is 1. The maximum absolute atomic E-state index is 12.7. The fourth-order valence-corrected chi connectivity index (χ4v) is 4.41. The van der Waals surface area contributed by atoms with E-state index >= 15 is 0 Å². The van der Waals surface area contributed by atoms with Crippen molar-refractivity contribution < 1.29 is 14.5 Å². The van der Waals surface area contributed by atoms with Gasteiger partial charge in [-0.3, -0.25) is 14.9 Å². The monoisotopic (exact) mass is 488 g/mol. The van der Waals surface area contributed by atoms with E-state index in [2.05, 4.69) is 25.0 Å². The van der Waals surface area contributed by atoms with Gasteiger partial charge in [-0.25, -0.2) is 4.68 Å². The van der Waals surface area contributed by atoms with Gasteiger partial charge in [-0.05, 0) is 36.4 Å². The summed E-state index contributed by atoms with van der Waals surface area (Å²) in [4.78, 5) is 23.6. The smallest absolute Gasteiger partial charge is 0.270 e. The topological polar surface area (TPSA) is 99.3 Å². The third kappa shape index (κ3) is 6.00. The van der Waals surface area contributed by atoms with Gasteiger partial charge in [0.15, 0.2) is 0 Å². The maximum atomic E-state index is 12.7. The number of carbonyl (C=O) groups excluding carboxylic acids is 1. The molecular weight excluding hydrogens is 460 g/mol. The molecule has 0 aliphatic rings. The Bertz CT molecular complexity index is 1360. The highest BCUT2D eigenvalue weighted by Crippen LogP contribution is 2.32. The average molecular weight is 489 g/mol. The number of anilines is 1. The first-order chi connectivity index (χ1) is 16.7. The van der Waals surface area contributed by atoms with Crippen LogP contribution in [0.1, 0.15) is 10.4 Å². The number of hydrogen-bond donors (Lipinski definition) is 1. The number of hydrogen-bond acceptors (Lipinski definition) is 5. The summed E-state index contributed by atoms with van der Waals surface area (Å²) in [6.45, 7) is 7.81. The number of nitro groups is 1. The quantitative estimate of drug-likeness (QED) is 0.131. The number of non-ortho nitro benzene ring substituents is 1. The second-order valence-corrected chi connectivity index (χ2v) is 15.2. The molecule has 1 N–H and O–H groups in total. The second kappa shape index (κ2) is 10.2. The van der Waals surface area contributed by atoms with Crippen molar-refractivity contribution in [2.45, 2.75) is 32.4 Å². The SMILES string of the molecule is C[Si](C)(C)CCOCn1nc(-c2cccc([N+](=O)[O-])c2)c2cc(NC(=O)c3ccccc3)ccc21. The average Bonchev–Trinajstić information content (AvgIpc) is 3.19. The van der Waals surface area contributed by atoms with E-state index in [1.165, 1.54) is 12.1 Å². The third-order valence-electron chi connectivity index (χ3n) is 5.58. The molecule has 0 radical (unpaired) electrons. The normalized spacial score (nSPS) is 11.5. The fourth-order valence-electron chi connectivity index (χ4n) is 3.66. The minimum absolute atomic E-state index is 0.00915. The summed E-state index contributed by atoms with van der Waals surface area (Å²) in [6, 6.07) is 22.0. The van der Waals surface area contributed by atoms with E-state index in [-0.39, 0.29) is 18.3 Å². The zero-order chi connectivity index (χ0) is 25.0. The van der Waals surface area contributed by atoms with Crippen LogP contribution < -0.4 is 5.32 Å². The van der Waals surface area contributed by atoms with E-state index in [1.54, 1.807) is 28.9 Å². The summed E-state index contributed by atoms with van der Waals surface area (Å²) in [7, 11) is -1.22. The van der Waals surface area contributed by atoms with Crippen molar-refractivity contribution in [3.8, 4) is 11.3 Å². The van der Waals surface area contributed by atoms with Crippen LogP contribution in [0.15, 0.2) is 72.8 Å². The number of amides is 1. The molecule has 0 saturated carbocycles. The van der Waals surface area contributed by atoms with E-state index in [9.17, 15) is 14.9 Å². The van der Waals surface area contributed by atoms with Crippen LogP contribution in [0.5, 0.6) is 0 Å². The van der Waals surface area contributed by atoms with Crippen LogP contribution in [0.3, 0.4) is 0 Å². The molecule has 0 unspecified atom stereocenters. The summed E-state index contributed by atoms with van der Waals surface area (Å²) in [6.07, 6.45) is 0. The lowest BCUT2D eigenvalue weighted by Gasteiger charge is -2.15. The van der Waals surface area contributed by atoms with Gasteiger partial charge in [0.2, 0.25) is 0 Å². The van der Waals surface area contributed by atoms with E-state index in [0.717, 1.165) is 16.9 Å². The van der Waals surface area contributed by atoms with Crippen LogP contribution in [-0.2, 0) is 11.5 Å². The van der Waals surface area contributed by atoms with Crippen LogP contribution in [0.4, 0.5) is 11.4 Å². The zero-order valence-electron chi connectivity index (χ0n) is 20.0. The van der Waals surface area contributed by atoms with Crippen LogP contribution >= 0.6 is 0 Å². The molecule has 0 spiro atoms. The van der Waals surface area contributed by atoms with E-state index in [0.29, 0.717) is 29.1 Å². The number of fused-ring (bicyclic) bond motifs is 1. The number of aromatic nitrogens is 2. The Hall–Kier alpha value is -3.82. The van der Waals surface area contributed by atoms with Gasteiger partial charge < -0.3 is 10.1 Å². The first kappa shape index (κ1) is 24.3. The van der Waals surface area contributed by atoms with E-state index in [1.807, 2.05) is 36.4 Å². The predicted octanol–water partition coefficient (Wildman–Crippen LogP) is 6.18. The number of nitrogens with zero attached hydrogens (tertiary/aromatic N) is 3. The Morgan fingerprint density at radius 2 is 1.83 bits per heavy atom. The van der Waals surface area contributed by atoms with Crippen molar-refractivity contribution in [2.75, 3.05) is 11.9 Å². The minimum atomic E-state index is -1.22. The third-order valence-corrected chi connectivity index (χ3v) is 7.29. The van der Waals surface area contributed by atoms with Crippen molar-refractivity contribution in [2.24, 2.45) is 0 Å². The van der Waals surface area contributed by atoms with Gasteiger partial charge in [0.1, 0.15) is 12.4 Å². The molecule has 0 fully saturated rings. The lowest BCUT2D eigenvalue weighted by molar-refractivity contribution is -0.384. The molecule has 3 aromatic carbocycles. The molecule has 9 heteroatoms. The summed E-state index contributed by atoms with van der Waals surface area (Å²) < 4.78 is 7.69. The van der Waals surface area contributed by atoms with E-state index < -0.39 is 13.0 Å². The lowest BCUT2D eigenvalue weighted by atomic mass is 10.1.